The Morgan fingerprint density at radius 3 is 2.48 bits per heavy atom. The minimum atomic E-state index is -1.01. The molecule has 1 atom stereocenters. The minimum Gasteiger partial charge on any atom is -0.449 e. The molecule has 0 aliphatic heterocycles. The Labute approximate surface area is 126 Å². The van der Waals surface area contributed by atoms with E-state index in [4.69, 9.17) is 10.5 Å². The normalized spacial score (nSPS) is 15.4. The Hall–Kier alpha value is -1.89. The molecule has 1 aliphatic carbocycles. The number of rotatable bonds is 5. The highest BCUT2D eigenvalue weighted by Crippen LogP contribution is 2.36. The van der Waals surface area contributed by atoms with Gasteiger partial charge in [0.1, 0.15) is 5.00 Å². The Bertz CT molecular complexity index is 604. The summed E-state index contributed by atoms with van der Waals surface area (Å²) < 4.78 is 5.03. The predicted octanol–water partition coefficient (Wildman–Crippen LogP) is 1.74. The molecule has 0 unspecified atom stereocenters. The molecule has 1 aromatic rings. The highest BCUT2D eigenvalue weighted by Gasteiger charge is 2.32. The van der Waals surface area contributed by atoms with Crippen molar-refractivity contribution in [2.75, 3.05) is 5.32 Å². The van der Waals surface area contributed by atoms with Gasteiger partial charge in [0, 0.05) is 10.8 Å². The zero-order chi connectivity index (χ0) is 15.7. The molecular weight excluding hydrogens is 292 g/mol. The van der Waals surface area contributed by atoms with E-state index in [0.717, 1.165) is 23.3 Å². The molecule has 0 radical (unpaired) electrons. The number of nitrogens with two attached hydrogens (primary N) is 1. The molecule has 2 rings (SSSR count). The van der Waals surface area contributed by atoms with Gasteiger partial charge in [-0.1, -0.05) is 0 Å². The van der Waals surface area contributed by atoms with Crippen LogP contribution in [0, 0.1) is 19.8 Å². The van der Waals surface area contributed by atoms with Gasteiger partial charge in [0.05, 0.1) is 5.56 Å². The summed E-state index contributed by atoms with van der Waals surface area (Å²) in [5.41, 5.74) is 6.14. The molecule has 114 valence electrons. The Morgan fingerprint density at radius 2 is 1.95 bits per heavy atom. The number of aryl methyl sites for hydroxylation is 1. The molecule has 0 bridgehead atoms. The fraction of sp³-hybridized carbons (Fsp3) is 0.500. The Morgan fingerprint density at radius 1 is 1.33 bits per heavy atom. The molecular formula is C14H18N2O4S. The third kappa shape index (κ3) is 3.41. The van der Waals surface area contributed by atoms with Crippen LogP contribution in [0.5, 0.6) is 0 Å². The van der Waals surface area contributed by atoms with Crippen molar-refractivity contribution >= 4 is 34.1 Å². The average Bonchev–Trinajstić information content (AvgIpc) is 3.18. The highest BCUT2D eigenvalue weighted by molar-refractivity contribution is 7.16. The molecule has 1 aromatic heterocycles. The van der Waals surface area contributed by atoms with Crippen molar-refractivity contribution in [3.05, 3.63) is 16.0 Å². The maximum Gasteiger partial charge on any atom is 0.342 e. The van der Waals surface area contributed by atoms with Crippen molar-refractivity contribution in [3.8, 4) is 0 Å². The topological polar surface area (TPSA) is 98.5 Å². The number of hydrogen-bond acceptors (Lipinski definition) is 5. The summed E-state index contributed by atoms with van der Waals surface area (Å²) in [6, 6.07) is 0. The summed E-state index contributed by atoms with van der Waals surface area (Å²) in [4.78, 5) is 36.0. The van der Waals surface area contributed by atoms with Gasteiger partial charge in [-0.15, -0.1) is 11.3 Å². The summed E-state index contributed by atoms with van der Waals surface area (Å²) in [5.74, 6) is -1.39. The second kappa shape index (κ2) is 5.85. The number of carbonyl (C=O) groups is 3. The number of amides is 2. The number of hydrogen-bond donors (Lipinski definition) is 2. The van der Waals surface area contributed by atoms with Gasteiger partial charge in [0.25, 0.3) is 5.91 Å². The third-order valence-electron chi connectivity index (χ3n) is 3.46. The molecule has 0 aromatic carbocycles. The number of ether oxygens (including phenoxy) is 1. The van der Waals surface area contributed by atoms with Gasteiger partial charge in [0.2, 0.25) is 5.91 Å². The first-order valence-electron chi connectivity index (χ1n) is 6.72. The lowest BCUT2D eigenvalue weighted by molar-refractivity contribution is -0.125. The molecule has 0 spiro atoms. The molecule has 1 heterocycles. The second-order valence-electron chi connectivity index (χ2n) is 5.20. The lowest BCUT2D eigenvalue weighted by Crippen LogP contribution is -2.30. The van der Waals surface area contributed by atoms with Crippen molar-refractivity contribution in [2.24, 2.45) is 11.7 Å². The first kappa shape index (κ1) is 15.5. The van der Waals surface area contributed by atoms with Crippen molar-refractivity contribution in [3.63, 3.8) is 0 Å². The van der Waals surface area contributed by atoms with Crippen LogP contribution in [0.15, 0.2) is 0 Å². The van der Waals surface area contributed by atoms with Gasteiger partial charge < -0.3 is 15.8 Å². The van der Waals surface area contributed by atoms with E-state index in [0.29, 0.717) is 10.6 Å². The van der Waals surface area contributed by atoms with E-state index in [2.05, 4.69) is 5.32 Å². The molecule has 0 saturated heterocycles. The fourth-order valence-corrected chi connectivity index (χ4v) is 2.85. The summed E-state index contributed by atoms with van der Waals surface area (Å²) in [7, 11) is 0. The first-order valence-corrected chi connectivity index (χ1v) is 7.54. The Kier molecular flexibility index (Phi) is 4.32. The average molecular weight is 310 g/mol. The number of anilines is 1. The summed E-state index contributed by atoms with van der Waals surface area (Å²) in [6.45, 7) is 5.06. The van der Waals surface area contributed by atoms with E-state index < -0.39 is 18.0 Å². The minimum absolute atomic E-state index is 0.0427. The van der Waals surface area contributed by atoms with Gasteiger partial charge in [-0.2, -0.15) is 0 Å². The molecule has 7 heteroatoms. The van der Waals surface area contributed by atoms with Crippen LogP contribution in [0.1, 0.15) is 40.6 Å². The number of thiophene rings is 1. The van der Waals surface area contributed by atoms with Crippen LogP contribution in [0.2, 0.25) is 0 Å². The lowest BCUT2D eigenvalue weighted by Gasteiger charge is -2.11. The quantitative estimate of drug-likeness (QED) is 0.809. The van der Waals surface area contributed by atoms with E-state index in [9.17, 15) is 14.4 Å². The molecule has 1 aliphatic rings. The SMILES string of the molecule is Cc1sc(NC(=O)C2CC2)c(C(=O)O[C@@H](C)C(N)=O)c1C. The summed E-state index contributed by atoms with van der Waals surface area (Å²) in [6.07, 6.45) is 0.755. The third-order valence-corrected chi connectivity index (χ3v) is 4.58. The fourth-order valence-electron chi connectivity index (χ4n) is 1.80. The number of esters is 1. The zero-order valence-electron chi connectivity index (χ0n) is 12.2. The number of carbonyl (C=O) groups excluding carboxylic acids is 3. The van der Waals surface area contributed by atoms with Gasteiger partial charge in [-0.25, -0.2) is 4.79 Å². The van der Waals surface area contributed by atoms with Gasteiger partial charge in [-0.3, -0.25) is 9.59 Å². The van der Waals surface area contributed by atoms with Crippen LogP contribution in [0.25, 0.3) is 0 Å². The molecule has 21 heavy (non-hydrogen) atoms. The van der Waals surface area contributed by atoms with Crippen LogP contribution in [-0.2, 0) is 14.3 Å². The summed E-state index contributed by atoms with van der Waals surface area (Å²) in [5, 5.41) is 3.26. The monoisotopic (exact) mass is 310 g/mol. The largest absolute Gasteiger partial charge is 0.449 e. The van der Waals surface area contributed by atoms with Crippen LogP contribution in [-0.4, -0.2) is 23.9 Å². The van der Waals surface area contributed by atoms with Crippen LogP contribution >= 0.6 is 11.3 Å². The van der Waals surface area contributed by atoms with Crippen LogP contribution in [0.3, 0.4) is 0 Å². The highest BCUT2D eigenvalue weighted by atomic mass is 32.1. The van der Waals surface area contributed by atoms with Crippen LogP contribution in [0.4, 0.5) is 5.00 Å². The number of nitrogens with one attached hydrogen (secondary N) is 1. The maximum atomic E-state index is 12.2. The maximum absolute atomic E-state index is 12.2. The van der Waals surface area contributed by atoms with E-state index in [1.54, 1.807) is 6.92 Å². The number of primary amides is 1. The van der Waals surface area contributed by atoms with Gasteiger partial charge >= 0.3 is 5.97 Å². The Balaban J connectivity index is 2.22. The van der Waals surface area contributed by atoms with E-state index in [1.165, 1.54) is 18.3 Å². The smallest absolute Gasteiger partial charge is 0.342 e. The van der Waals surface area contributed by atoms with E-state index in [-0.39, 0.29) is 11.8 Å². The predicted molar refractivity (Wildman–Crippen MR) is 79.2 cm³/mol. The molecule has 2 amide bonds. The van der Waals surface area contributed by atoms with Gasteiger partial charge in [-0.05, 0) is 39.2 Å². The van der Waals surface area contributed by atoms with E-state index >= 15 is 0 Å². The van der Waals surface area contributed by atoms with E-state index in [1.807, 2.05) is 6.92 Å². The molecule has 6 nitrogen and oxygen atoms in total. The first-order chi connectivity index (χ1) is 9.81. The van der Waals surface area contributed by atoms with Crippen molar-refractivity contribution < 1.29 is 19.1 Å². The molecule has 1 saturated carbocycles. The van der Waals surface area contributed by atoms with Crippen molar-refractivity contribution in [1.29, 1.82) is 0 Å². The van der Waals surface area contributed by atoms with Crippen LogP contribution < -0.4 is 11.1 Å². The molecule has 3 N–H and O–H groups in total. The second-order valence-corrected chi connectivity index (χ2v) is 6.43. The zero-order valence-corrected chi connectivity index (χ0v) is 13.0. The van der Waals surface area contributed by atoms with Crippen molar-refractivity contribution in [1.82, 2.24) is 0 Å². The summed E-state index contributed by atoms with van der Waals surface area (Å²) >= 11 is 1.33. The lowest BCUT2D eigenvalue weighted by atomic mass is 10.1. The standard InChI is InChI=1S/C14H18N2O4S/c1-6-8(3)21-13(16-12(18)9-4-5-9)10(6)14(19)20-7(2)11(15)17/h7,9H,4-5H2,1-3H3,(H2,15,17)(H,16,18)/t7-/m0/s1. The molecule has 1 fully saturated rings. The van der Waals surface area contributed by atoms with Gasteiger partial charge in [0.15, 0.2) is 6.10 Å². The van der Waals surface area contributed by atoms with Crippen molar-refractivity contribution in [2.45, 2.75) is 39.7 Å².